The van der Waals surface area contributed by atoms with Gasteiger partial charge in [-0.25, -0.2) is 0 Å². The fraction of sp³-hybridized carbons (Fsp3) is 0.133. The van der Waals surface area contributed by atoms with E-state index in [4.69, 9.17) is 4.74 Å². The van der Waals surface area contributed by atoms with E-state index in [-0.39, 0.29) is 17.3 Å². The molecule has 1 aromatic carbocycles. The molecule has 1 amide bonds. The molecule has 0 spiro atoms. The average molecular weight is 318 g/mol. The van der Waals surface area contributed by atoms with Crippen molar-refractivity contribution in [2.75, 3.05) is 12.4 Å². The first kappa shape index (κ1) is 15.7. The standard InChI is InChI=1S/C15H14N2O4S/c1-10-3-5-12(22-10)6-8-15(18)16-13-7-4-11(17(19)20)9-14(13)21-2/h3-9H,1-2H3,(H,16,18). The number of nitro benzene ring substituents is 1. The van der Waals surface area contributed by atoms with Crippen molar-refractivity contribution in [2.45, 2.75) is 6.92 Å². The lowest BCUT2D eigenvalue weighted by molar-refractivity contribution is -0.384. The first-order valence-electron chi connectivity index (χ1n) is 6.37. The van der Waals surface area contributed by atoms with Crippen LogP contribution in [0.1, 0.15) is 9.75 Å². The van der Waals surface area contributed by atoms with Gasteiger partial charge in [0.1, 0.15) is 5.75 Å². The van der Waals surface area contributed by atoms with Crippen LogP contribution in [0.5, 0.6) is 5.75 Å². The van der Waals surface area contributed by atoms with Crippen LogP contribution in [0.4, 0.5) is 11.4 Å². The molecule has 0 aliphatic rings. The first-order valence-corrected chi connectivity index (χ1v) is 7.19. The molecule has 1 aromatic heterocycles. The predicted molar refractivity (Wildman–Crippen MR) is 86.4 cm³/mol. The molecule has 0 aliphatic carbocycles. The van der Waals surface area contributed by atoms with E-state index < -0.39 is 4.92 Å². The summed E-state index contributed by atoms with van der Waals surface area (Å²) >= 11 is 1.58. The van der Waals surface area contributed by atoms with Gasteiger partial charge >= 0.3 is 0 Å². The summed E-state index contributed by atoms with van der Waals surface area (Å²) in [6, 6.07) is 7.92. The van der Waals surface area contributed by atoms with Crippen LogP contribution in [-0.4, -0.2) is 17.9 Å². The van der Waals surface area contributed by atoms with Crippen molar-refractivity contribution in [2.24, 2.45) is 0 Å². The maximum Gasteiger partial charge on any atom is 0.273 e. The number of carbonyl (C=O) groups excluding carboxylic acids is 1. The summed E-state index contributed by atoms with van der Waals surface area (Å²) in [6.45, 7) is 1.99. The predicted octanol–water partition coefficient (Wildman–Crippen LogP) is 3.63. The number of hydrogen-bond acceptors (Lipinski definition) is 5. The molecule has 0 bridgehead atoms. The van der Waals surface area contributed by atoms with Crippen molar-refractivity contribution in [3.8, 4) is 5.75 Å². The zero-order valence-corrected chi connectivity index (χ0v) is 12.8. The summed E-state index contributed by atoms with van der Waals surface area (Å²) in [5.41, 5.74) is 0.282. The van der Waals surface area contributed by atoms with Crippen molar-refractivity contribution in [1.29, 1.82) is 0 Å². The van der Waals surface area contributed by atoms with Crippen molar-refractivity contribution < 1.29 is 14.5 Å². The van der Waals surface area contributed by atoms with Gasteiger partial charge in [-0.1, -0.05) is 0 Å². The molecule has 0 saturated carbocycles. The third-order valence-electron chi connectivity index (χ3n) is 2.81. The van der Waals surface area contributed by atoms with E-state index in [0.29, 0.717) is 5.69 Å². The number of aryl methyl sites for hydroxylation is 1. The molecular formula is C15H14N2O4S. The number of nitrogens with one attached hydrogen (secondary N) is 1. The van der Waals surface area contributed by atoms with E-state index in [1.807, 2.05) is 19.1 Å². The minimum absolute atomic E-state index is 0.0977. The molecule has 0 aliphatic heterocycles. The Kier molecular flexibility index (Phi) is 4.90. The SMILES string of the molecule is COc1cc([N+](=O)[O-])ccc1NC(=O)C=Cc1ccc(C)s1. The second-order valence-corrected chi connectivity index (χ2v) is 5.73. The number of benzene rings is 1. The molecule has 0 unspecified atom stereocenters. The normalized spacial score (nSPS) is 10.6. The zero-order chi connectivity index (χ0) is 16.1. The highest BCUT2D eigenvalue weighted by Gasteiger charge is 2.12. The highest BCUT2D eigenvalue weighted by Crippen LogP contribution is 2.29. The van der Waals surface area contributed by atoms with Crippen molar-refractivity contribution in [1.82, 2.24) is 0 Å². The summed E-state index contributed by atoms with van der Waals surface area (Å²) in [5.74, 6) is -0.0962. The quantitative estimate of drug-likeness (QED) is 0.518. The van der Waals surface area contributed by atoms with Gasteiger partial charge in [-0.15, -0.1) is 11.3 Å². The molecule has 0 radical (unpaired) electrons. The van der Waals surface area contributed by atoms with Crippen LogP contribution in [0, 0.1) is 17.0 Å². The Hall–Kier alpha value is -2.67. The number of non-ortho nitro benzene ring substituents is 1. The lowest BCUT2D eigenvalue weighted by Crippen LogP contribution is -2.09. The van der Waals surface area contributed by atoms with Gasteiger partial charge < -0.3 is 10.1 Å². The van der Waals surface area contributed by atoms with Crippen LogP contribution in [0.3, 0.4) is 0 Å². The highest BCUT2D eigenvalue weighted by molar-refractivity contribution is 7.12. The Morgan fingerprint density at radius 2 is 2.14 bits per heavy atom. The Morgan fingerprint density at radius 3 is 2.73 bits per heavy atom. The number of ether oxygens (including phenoxy) is 1. The molecule has 6 nitrogen and oxygen atoms in total. The largest absolute Gasteiger partial charge is 0.494 e. The van der Waals surface area contributed by atoms with E-state index in [1.165, 1.54) is 31.4 Å². The smallest absolute Gasteiger partial charge is 0.273 e. The molecule has 0 saturated heterocycles. The molecule has 1 heterocycles. The maximum atomic E-state index is 11.9. The molecular weight excluding hydrogens is 304 g/mol. The minimum Gasteiger partial charge on any atom is -0.494 e. The fourth-order valence-electron chi connectivity index (χ4n) is 1.77. The molecule has 2 aromatic rings. The van der Waals surface area contributed by atoms with Crippen LogP contribution in [0.25, 0.3) is 6.08 Å². The van der Waals surface area contributed by atoms with Crippen LogP contribution < -0.4 is 10.1 Å². The van der Waals surface area contributed by atoms with Gasteiger partial charge in [0.2, 0.25) is 5.91 Å². The number of anilines is 1. The third-order valence-corrected chi connectivity index (χ3v) is 3.78. The van der Waals surface area contributed by atoms with Crippen LogP contribution >= 0.6 is 11.3 Å². The molecule has 7 heteroatoms. The number of hydrogen-bond donors (Lipinski definition) is 1. The van der Waals surface area contributed by atoms with E-state index in [0.717, 1.165) is 9.75 Å². The molecule has 2 rings (SSSR count). The van der Waals surface area contributed by atoms with Gasteiger partial charge in [0.05, 0.1) is 23.8 Å². The van der Waals surface area contributed by atoms with Gasteiger partial charge in [0.25, 0.3) is 5.69 Å². The van der Waals surface area contributed by atoms with Gasteiger partial charge in [-0.2, -0.15) is 0 Å². The van der Waals surface area contributed by atoms with E-state index in [2.05, 4.69) is 5.32 Å². The summed E-state index contributed by atoms with van der Waals surface area (Å²) in [4.78, 5) is 24.2. The number of rotatable bonds is 5. The Morgan fingerprint density at radius 1 is 1.36 bits per heavy atom. The molecule has 0 atom stereocenters. The minimum atomic E-state index is -0.521. The zero-order valence-electron chi connectivity index (χ0n) is 12.0. The van der Waals surface area contributed by atoms with Gasteiger partial charge in [0, 0.05) is 21.9 Å². The number of thiophene rings is 1. The van der Waals surface area contributed by atoms with Crippen molar-refractivity contribution in [3.05, 3.63) is 56.3 Å². The lowest BCUT2D eigenvalue weighted by atomic mass is 10.2. The van der Waals surface area contributed by atoms with Crippen LogP contribution in [0.2, 0.25) is 0 Å². The third kappa shape index (κ3) is 3.92. The Labute approximate surface area is 131 Å². The van der Waals surface area contributed by atoms with Crippen LogP contribution in [0.15, 0.2) is 36.4 Å². The second kappa shape index (κ2) is 6.86. The fourth-order valence-corrected chi connectivity index (χ4v) is 2.55. The van der Waals surface area contributed by atoms with Gasteiger partial charge in [-0.3, -0.25) is 14.9 Å². The lowest BCUT2D eigenvalue weighted by Gasteiger charge is -2.08. The topological polar surface area (TPSA) is 81.5 Å². The Balaban J connectivity index is 2.11. The summed E-state index contributed by atoms with van der Waals surface area (Å²) in [5, 5.41) is 13.4. The Bertz CT molecular complexity index is 737. The number of nitro groups is 1. The number of nitrogens with zero attached hydrogens (tertiary/aromatic N) is 1. The summed E-state index contributed by atoms with van der Waals surface area (Å²) in [6.07, 6.45) is 3.12. The second-order valence-electron chi connectivity index (χ2n) is 4.41. The molecule has 0 fully saturated rings. The maximum absolute atomic E-state index is 11.9. The van der Waals surface area contributed by atoms with E-state index in [9.17, 15) is 14.9 Å². The highest BCUT2D eigenvalue weighted by atomic mass is 32.1. The molecule has 1 N–H and O–H groups in total. The average Bonchev–Trinajstić information content (AvgIpc) is 2.91. The number of methoxy groups -OCH3 is 1. The van der Waals surface area contributed by atoms with E-state index in [1.54, 1.807) is 17.4 Å². The number of amides is 1. The molecule has 114 valence electrons. The number of carbonyl (C=O) groups is 1. The van der Waals surface area contributed by atoms with Gasteiger partial charge in [-0.05, 0) is 31.2 Å². The first-order chi connectivity index (χ1) is 10.5. The molecule has 22 heavy (non-hydrogen) atoms. The van der Waals surface area contributed by atoms with E-state index >= 15 is 0 Å². The van der Waals surface area contributed by atoms with Crippen molar-refractivity contribution >= 4 is 34.7 Å². The summed E-state index contributed by atoms with van der Waals surface area (Å²) < 4.78 is 5.06. The van der Waals surface area contributed by atoms with Crippen LogP contribution in [-0.2, 0) is 4.79 Å². The monoisotopic (exact) mass is 318 g/mol. The van der Waals surface area contributed by atoms with Gasteiger partial charge in [0.15, 0.2) is 0 Å². The summed E-state index contributed by atoms with van der Waals surface area (Å²) in [7, 11) is 1.39. The van der Waals surface area contributed by atoms with Crippen molar-refractivity contribution in [3.63, 3.8) is 0 Å².